The number of benzene rings is 1. The second kappa shape index (κ2) is 6.47. The van der Waals surface area contributed by atoms with E-state index < -0.39 is 0 Å². The number of rotatable bonds is 5. The monoisotopic (exact) mass is 256 g/mol. The molecule has 4 nitrogen and oxygen atoms in total. The summed E-state index contributed by atoms with van der Waals surface area (Å²) < 4.78 is 0. The first-order chi connectivity index (χ1) is 8.00. The highest BCUT2D eigenvalue weighted by Crippen LogP contribution is 2.18. The van der Waals surface area contributed by atoms with Crippen molar-refractivity contribution in [3.8, 4) is 0 Å². The topological polar surface area (TPSA) is 75.3 Å². The zero-order valence-corrected chi connectivity index (χ0v) is 10.5. The van der Waals surface area contributed by atoms with E-state index >= 15 is 0 Å². The van der Waals surface area contributed by atoms with Crippen LogP contribution in [0, 0.1) is 0 Å². The molecule has 0 aromatic heterocycles. The molecule has 0 aliphatic carbocycles. The molecule has 1 aromatic rings. The van der Waals surface area contributed by atoms with Gasteiger partial charge in [-0.2, -0.15) is 0 Å². The van der Waals surface area contributed by atoms with Crippen LogP contribution in [0.4, 0.5) is 5.69 Å². The number of anilines is 1. The summed E-state index contributed by atoms with van der Waals surface area (Å²) in [5.41, 5.74) is 6.48. The summed E-state index contributed by atoms with van der Waals surface area (Å²) in [6.07, 6.45) is 1.05. The zero-order chi connectivity index (χ0) is 12.8. The van der Waals surface area contributed by atoms with Gasteiger partial charge in [-0.1, -0.05) is 11.6 Å². The minimum atomic E-state index is -0.341. The second-order valence-corrected chi connectivity index (χ2v) is 4.39. The van der Waals surface area contributed by atoms with Gasteiger partial charge in [0.2, 0.25) is 0 Å². The number of hydrogen-bond donors (Lipinski definition) is 3. The van der Waals surface area contributed by atoms with Gasteiger partial charge < -0.3 is 16.2 Å². The molecule has 1 unspecified atom stereocenters. The van der Waals surface area contributed by atoms with Crippen molar-refractivity contribution in [1.82, 2.24) is 5.32 Å². The fourth-order valence-corrected chi connectivity index (χ4v) is 1.68. The molecule has 0 saturated heterocycles. The van der Waals surface area contributed by atoms with Crippen molar-refractivity contribution in [2.75, 3.05) is 12.3 Å². The van der Waals surface area contributed by atoms with Crippen LogP contribution in [-0.2, 0) is 0 Å². The fourth-order valence-electron chi connectivity index (χ4n) is 1.41. The highest BCUT2D eigenvalue weighted by Gasteiger charge is 2.09. The SMILES string of the molecule is CC(O)CCCNC(=O)c1ccc(N)cc1Cl. The molecule has 0 heterocycles. The number of carbonyl (C=O) groups is 1. The third-order valence-electron chi connectivity index (χ3n) is 2.32. The van der Waals surface area contributed by atoms with Gasteiger partial charge in [-0.3, -0.25) is 4.79 Å². The summed E-state index contributed by atoms with van der Waals surface area (Å²) in [7, 11) is 0. The third kappa shape index (κ3) is 4.63. The van der Waals surface area contributed by atoms with Gasteiger partial charge in [0.05, 0.1) is 16.7 Å². The molecule has 0 fully saturated rings. The average Bonchev–Trinajstić information content (AvgIpc) is 2.23. The second-order valence-electron chi connectivity index (χ2n) is 3.99. The molecule has 0 saturated carbocycles. The summed E-state index contributed by atoms with van der Waals surface area (Å²) in [6, 6.07) is 4.78. The van der Waals surface area contributed by atoms with Crippen LogP contribution in [0.1, 0.15) is 30.1 Å². The first-order valence-corrected chi connectivity index (χ1v) is 5.90. The largest absolute Gasteiger partial charge is 0.399 e. The lowest BCUT2D eigenvalue weighted by Gasteiger charge is -2.08. The van der Waals surface area contributed by atoms with Crippen molar-refractivity contribution < 1.29 is 9.90 Å². The molecular formula is C12H17ClN2O2. The summed E-state index contributed by atoms with van der Waals surface area (Å²) in [5.74, 6) is -0.222. The van der Waals surface area contributed by atoms with Crippen LogP contribution in [0.5, 0.6) is 0 Å². The smallest absolute Gasteiger partial charge is 0.252 e. The van der Waals surface area contributed by atoms with Crippen molar-refractivity contribution >= 4 is 23.2 Å². The highest BCUT2D eigenvalue weighted by molar-refractivity contribution is 6.34. The Bertz CT molecular complexity index is 394. The minimum Gasteiger partial charge on any atom is -0.399 e. The normalized spacial score (nSPS) is 12.2. The Hall–Kier alpha value is -1.26. The first-order valence-electron chi connectivity index (χ1n) is 5.52. The van der Waals surface area contributed by atoms with E-state index in [1.54, 1.807) is 25.1 Å². The van der Waals surface area contributed by atoms with Crippen LogP contribution in [0.2, 0.25) is 5.02 Å². The van der Waals surface area contributed by atoms with E-state index in [1.807, 2.05) is 0 Å². The van der Waals surface area contributed by atoms with Crippen molar-refractivity contribution in [2.45, 2.75) is 25.9 Å². The molecule has 0 radical (unpaired) electrons. The maximum Gasteiger partial charge on any atom is 0.252 e. The maximum atomic E-state index is 11.7. The van der Waals surface area contributed by atoms with Gasteiger partial charge in [-0.05, 0) is 38.0 Å². The molecule has 0 aliphatic heterocycles. The number of hydrogen-bond acceptors (Lipinski definition) is 3. The number of aliphatic hydroxyl groups is 1. The van der Waals surface area contributed by atoms with Crippen LogP contribution in [-0.4, -0.2) is 23.7 Å². The quantitative estimate of drug-likeness (QED) is 0.556. The van der Waals surface area contributed by atoms with E-state index in [9.17, 15) is 4.79 Å². The van der Waals surface area contributed by atoms with Gasteiger partial charge in [0.15, 0.2) is 0 Å². The highest BCUT2D eigenvalue weighted by atomic mass is 35.5. The molecule has 0 bridgehead atoms. The summed E-state index contributed by atoms with van der Waals surface area (Å²) in [4.78, 5) is 11.7. The van der Waals surface area contributed by atoms with Crippen LogP contribution in [0.25, 0.3) is 0 Å². The lowest BCUT2D eigenvalue weighted by atomic mass is 10.2. The van der Waals surface area contributed by atoms with Crippen LogP contribution in [0.15, 0.2) is 18.2 Å². The Kier molecular flexibility index (Phi) is 5.25. The number of nitrogens with two attached hydrogens (primary N) is 1. The van der Waals surface area contributed by atoms with Gasteiger partial charge in [0.25, 0.3) is 5.91 Å². The zero-order valence-electron chi connectivity index (χ0n) is 9.74. The van der Waals surface area contributed by atoms with Gasteiger partial charge >= 0.3 is 0 Å². The van der Waals surface area contributed by atoms with E-state index in [4.69, 9.17) is 22.4 Å². The van der Waals surface area contributed by atoms with Crippen LogP contribution >= 0.6 is 11.6 Å². The Morgan fingerprint density at radius 2 is 2.29 bits per heavy atom. The third-order valence-corrected chi connectivity index (χ3v) is 2.63. The van der Waals surface area contributed by atoms with Gasteiger partial charge in [-0.25, -0.2) is 0 Å². The molecular weight excluding hydrogens is 240 g/mol. The minimum absolute atomic E-state index is 0.222. The van der Waals surface area contributed by atoms with Gasteiger partial charge in [-0.15, -0.1) is 0 Å². The van der Waals surface area contributed by atoms with E-state index in [0.717, 1.165) is 6.42 Å². The van der Waals surface area contributed by atoms with E-state index in [1.165, 1.54) is 0 Å². The molecule has 1 amide bonds. The number of carbonyl (C=O) groups excluding carboxylic acids is 1. The van der Waals surface area contributed by atoms with Crippen molar-refractivity contribution in [3.05, 3.63) is 28.8 Å². The van der Waals surface area contributed by atoms with E-state index in [-0.39, 0.29) is 12.0 Å². The Morgan fingerprint density at radius 1 is 1.59 bits per heavy atom. The summed E-state index contributed by atoms with van der Waals surface area (Å²) >= 11 is 5.91. The fraction of sp³-hybridized carbons (Fsp3) is 0.417. The predicted octanol–water partition coefficient (Wildman–Crippen LogP) is 1.81. The molecule has 1 atom stereocenters. The van der Waals surface area contributed by atoms with E-state index in [0.29, 0.717) is 29.2 Å². The van der Waals surface area contributed by atoms with Gasteiger partial charge in [0, 0.05) is 12.2 Å². The number of amides is 1. The molecule has 0 spiro atoms. The molecule has 1 rings (SSSR count). The molecule has 0 aliphatic rings. The van der Waals surface area contributed by atoms with Crippen molar-refractivity contribution in [1.29, 1.82) is 0 Å². The lowest BCUT2D eigenvalue weighted by Crippen LogP contribution is -2.25. The maximum absolute atomic E-state index is 11.7. The van der Waals surface area contributed by atoms with Crippen LogP contribution < -0.4 is 11.1 Å². The van der Waals surface area contributed by atoms with Crippen molar-refractivity contribution in [3.63, 3.8) is 0 Å². The number of halogens is 1. The molecule has 5 heteroatoms. The number of aliphatic hydroxyl groups excluding tert-OH is 1. The number of nitrogens with one attached hydrogen (secondary N) is 1. The lowest BCUT2D eigenvalue weighted by molar-refractivity contribution is 0.0950. The Morgan fingerprint density at radius 3 is 2.88 bits per heavy atom. The number of nitrogen functional groups attached to an aromatic ring is 1. The van der Waals surface area contributed by atoms with Gasteiger partial charge in [0.1, 0.15) is 0 Å². The van der Waals surface area contributed by atoms with Crippen molar-refractivity contribution in [2.24, 2.45) is 0 Å². The average molecular weight is 257 g/mol. The molecule has 17 heavy (non-hydrogen) atoms. The first kappa shape index (κ1) is 13.8. The molecule has 4 N–H and O–H groups in total. The van der Waals surface area contributed by atoms with E-state index in [2.05, 4.69) is 5.32 Å². The predicted molar refractivity (Wildman–Crippen MR) is 69.1 cm³/mol. The Balaban J connectivity index is 2.47. The summed E-state index contributed by atoms with van der Waals surface area (Å²) in [5, 5.41) is 12.1. The summed E-state index contributed by atoms with van der Waals surface area (Å²) in [6.45, 7) is 2.24. The molecule has 94 valence electrons. The standard InChI is InChI=1S/C12H17ClN2O2/c1-8(16)3-2-6-15-12(17)10-5-4-9(14)7-11(10)13/h4-5,7-8,16H,2-3,6,14H2,1H3,(H,15,17). The molecule has 1 aromatic carbocycles. The van der Waals surface area contributed by atoms with Crippen LogP contribution in [0.3, 0.4) is 0 Å². The Labute approximate surface area is 106 Å².